The maximum Gasteiger partial charge on any atom is 0.287 e. The number of furan rings is 1. The quantitative estimate of drug-likeness (QED) is 0.942. The highest BCUT2D eigenvalue weighted by atomic mass is 16.5. The SMILES string of the molecule is Cc1ccc(OC2CCC(NC(=O)c3ccco3)CC2)nc1. The maximum atomic E-state index is 11.9. The molecule has 0 saturated heterocycles. The second-order valence-corrected chi connectivity index (χ2v) is 5.72. The third-order valence-corrected chi connectivity index (χ3v) is 3.93. The fourth-order valence-electron chi connectivity index (χ4n) is 2.68. The minimum atomic E-state index is -0.144. The van der Waals surface area contributed by atoms with Crippen molar-refractivity contribution in [2.45, 2.75) is 44.8 Å². The topological polar surface area (TPSA) is 64.4 Å². The Hall–Kier alpha value is -2.30. The summed E-state index contributed by atoms with van der Waals surface area (Å²) in [5, 5.41) is 3.01. The average molecular weight is 300 g/mol. The molecule has 5 heteroatoms. The van der Waals surface area contributed by atoms with Gasteiger partial charge in [0.05, 0.1) is 6.26 Å². The molecule has 116 valence electrons. The van der Waals surface area contributed by atoms with E-state index in [4.69, 9.17) is 9.15 Å². The lowest BCUT2D eigenvalue weighted by Crippen LogP contribution is -2.39. The number of pyridine rings is 1. The molecule has 0 radical (unpaired) electrons. The van der Waals surface area contributed by atoms with Crippen LogP contribution in [0.2, 0.25) is 0 Å². The fourth-order valence-corrected chi connectivity index (χ4v) is 2.68. The number of aromatic nitrogens is 1. The van der Waals surface area contributed by atoms with Gasteiger partial charge in [0.25, 0.3) is 5.91 Å². The molecule has 2 aromatic heterocycles. The number of carbonyl (C=O) groups excluding carboxylic acids is 1. The van der Waals surface area contributed by atoms with Crippen molar-refractivity contribution in [3.05, 3.63) is 48.0 Å². The lowest BCUT2D eigenvalue weighted by Gasteiger charge is -2.29. The lowest BCUT2D eigenvalue weighted by molar-refractivity contribution is 0.0863. The Labute approximate surface area is 129 Å². The first-order chi connectivity index (χ1) is 10.7. The van der Waals surface area contributed by atoms with E-state index in [9.17, 15) is 4.79 Å². The van der Waals surface area contributed by atoms with Crippen LogP contribution in [0.5, 0.6) is 5.88 Å². The second-order valence-electron chi connectivity index (χ2n) is 5.72. The van der Waals surface area contributed by atoms with Crippen LogP contribution < -0.4 is 10.1 Å². The van der Waals surface area contributed by atoms with Crippen molar-refractivity contribution in [3.63, 3.8) is 0 Å². The smallest absolute Gasteiger partial charge is 0.287 e. The van der Waals surface area contributed by atoms with E-state index < -0.39 is 0 Å². The molecule has 0 atom stereocenters. The normalized spacial score (nSPS) is 21.3. The minimum absolute atomic E-state index is 0.144. The van der Waals surface area contributed by atoms with Crippen molar-refractivity contribution in [1.29, 1.82) is 0 Å². The Morgan fingerprint density at radius 1 is 1.27 bits per heavy atom. The minimum Gasteiger partial charge on any atom is -0.474 e. The third-order valence-electron chi connectivity index (χ3n) is 3.93. The predicted molar refractivity (Wildman–Crippen MR) is 81.8 cm³/mol. The summed E-state index contributed by atoms with van der Waals surface area (Å²) in [5.74, 6) is 0.894. The van der Waals surface area contributed by atoms with Crippen molar-refractivity contribution >= 4 is 5.91 Å². The number of hydrogen-bond acceptors (Lipinski definition) is 4. The van der Waals surface area contributed by atoms with E-state index in [1.807, 2.05) is 25.3 Å². The molecule has 0 unspecified atom stereocenters. The highest BCUT2D eigenvalue weighted by Crippen LogP contribution is 2.23. The first-order valence-electron chi connectivity index (χ1n) is 7.64. The molecule has 0 aromatic carbocycles. The first kappa shape index (κ1) is 14.6. The van der Waals surface area contributed by atoms with Crippen molar-refractivity contribution in [3.8, 4) is 5.88 Å². The van der Waals surface area contributed by atoms with Gasteiger partial charge in [-0.2, -0.15) is 0 Å². The molecule has 0 bridgehead atoms. The number of aryl methyl sites for hydroxylation is 1. The Morgan fingerprint density at radius 2 is 2.09 bits per heavy atom. The van der Waals surface area contributed by atoms with Gasteiger partial charge in [-0.3, -0.25) is 4.79 Å². The van der Waals surface area contributed by atoms with Crippen LogP contribution in [-0.2, 0) is 0 Å². The molecule has 1 N–H and O–H groups in total. The van der Waals surface area contributed by atoms with Crippen LogP contribution in [0.3, 0.4) is 0 Å². The number of nitrogens with one attached hydrogen (secondary N) is 1. The van der Waals surface area contributed by atoms with Gasteiger partial charge in [0.1, 0.15) is 6.10 Å². The summed E-state index contributed by atoms with van der Waals surface area (Å²) in [6.07, 6.45) is 7.13. The molecule has 1 saturated carbocycles. The van der Waals surface area contributed by atoms with E-state index in [1.165, 1.54) is 6.26 Å². The number of amides is 1. The molecule has 3 rings (SSSR count). The summed E-state index contributed by atoms with van der Waals surface area (Å²) in [6, 6.07) is 7.47. The largest absolute Gasteiger partial charge is 0.474 e. The molecule has 1 aliphatic rings. The highest BCUT2D eigenvalue weighted by Gasteiger charge is 2.24. The van der Waals surface area contributed by atoms with Gasteiger partial charge in [0, 0.05) is 18.3 Å². The van der Waals surface area contributed by atoms with Crippen molar-refractivity contribution < 1.29 is 13.9 Å². The molecule has 22 heavy (non-hydrogen) atoms. The summed E-state index contributed by atoms with van der Waals surface area (Å²) in [4.78, 5) is 16.2. The third kappa shape index (κ3) is 3.67. The Kier molecular flexibility index (Phi) is 4.42. The van der Waals surface area contributed by atoms with Crippen LogP contribution in [0.4, 0.5) is 0 Å². The zero-order chi connectivity index (χ0) is 15.4. The van der Waals surface area contributed by atoms with Crippen molar-refractivity contribution in [2.75, 3.05) is 0 Å². The molecule has 1 aliphatic carbocycles. The van der Waals surface area contributed by atoms with E-state index in [-0.39, 0.29) is 18.1 Å². The van der Waals surface area contributed by atoms with Crippen LogP contribution in [0.25, 0.3) is 0 Å². The number of ether oxygens (including phenoxy) is 1. The van der Waals surface area contributed by atoms with Gasteiger partial charge >= 0.3 is 0 Å². The van der Waals surface area contributed by atoms with E-state index in [0.29, 0.717) is 11.6 Å². The standard InChI is InChI=1S/C17H20N2O3/c1-12-4-9-16(18-11-12)22-14-7-5-13(6-8-14)19-17(20)15-3-2-10-21-15/h2-4,9-11,13-14H,5-8H2,1H3,(H,19,20). The van der Waals surface area contributed by atoms with E-state index >= 15 is 0 Å². The van der Waals surface area contributed by atoms with Crippen LogP contribution in [-0.4, -0.2) is 23.0 Å². The van der Waals surface area contributed by atoms with Crippen molar-refractivity contribution in [1.82, 2.24) is 10.3 Å². The number of rotatable bonds is 4. The van der Waals surface area contributed by atoms with Gasteiger partial charge in [-0.1, -0.05) is 6.07 Å². The zero-order valence-corrected chi connectivity index (χ0v) is 12.6. The van der Waals surface area contributed by atoms with E-state index in [2.05, 4.69) is 10.3 Å². The van der Waals surface area contributed by atoms with Gasteiger partial charge < -0.3 is 14.5 Å². The van der Waals surface area contributed by atoms with Gasteiger partial charge in [0.15, 0.2) is 5.76 Å². The lowest BCUT2D eigenvalue weighted by atomic mass is 9.93. The summed E-state index contributed by atoms with van der Waals surface area (Å²) in [7, 11) is 0. The second kappa shape index (κ2) is 6.64. The number of carbonyl (C=O) groups is 1. The van der Waals surface area contributed by atoms with Gasteiger partial charge in [-0.25, -0.2) is 4.98 Å². The van der Waals surface area contributed by atoms with Gasteiger partial charge in [-0.15, -0.1) is 0 Å². The predicted octanol–water partition coefficient (Wildman–Crippen LogP) is 3.10. The molecule has 0 aliphatic heterocycles. The highest BCUT2D eigenvalue weighted by molar-refractivity contribution is 5.91. The first-order valence-corrected chi connectivity index (χ1v) is 7.64. The molecule has 1 fully saturated rings. The van der Waals surface area contributed by atoms with Gasteiger partial charge in [0.2, 0.25) is 5.88 Å². The van der Waals surface area contributed by atoms with E-state index in [1.54, 1.807) is 12.1 Å². The van der Waals surface area contributed by atoms with Gasteiger partial charge in [-0.05, 0) is 50.3 Å². The Bertz CT molecular complexity index is 599. The summed E-state index contributed by atoms with van der Waals surface area (Å²) >= 11 is 0. The van der Waals surface area contributed by atoms with Crippen LogP contribution in [0, 0.1) is 6.92 Å². The molecule has 2 heterocycles. The van der Waals surface area contributed by atoms with E-state index in [0.717, 1.165) is 31.2 Å². The fraction of sp³-hybridized carbons (Fsp3) is 0.412. The molecule has 0 spiro atoms. The zero-order valence-electron chi connectivity index (χ0n) is 12.6. The molecule has 5 nitrogen and oxygen atoms in total. The van der Waals surface area contributed by atoms with Crippen LogP contribution in [0.1, 0.15) is 41.8 Å². The average Bonchev–Trinajstić information content (AvgIpc) is 3.06. The molecular formula is C17H20N2O3. The Balaban J connectivity index is 1.46. The number of hydrogen-bond donors (Lipinski definition) is 1. The summed E-state index contributed by atoms with van der Waals surface area (Å²) in [6.45, 7) is 2.00. The molecule has 2 aromatic rings. The monoisotopic (exact) mass is 300 g/mol. The molecule has 1 amide bonds. The van der Waals surface area contributed by atoms with Crippen LogP contribution in [0.15, 0.2) is 41.1 Å². The number of nitrogens with zero attached hydrogens (tertiary/aromatic N) is 1. The van der Waals surface area contributed by atoms with Crippen molar-refractivity contribution in [2.24, 2.45) is 0 Å². The van der Waals surface area contributed by atoms with Crippen LogP contribution >= 0.6 is 0 Å². The maximum absolute atomic E-state index is 11.9. The summed E-state index contributed by atoms with van der Waals surface area (Å²) < 4.78 is 11.0. The Morgan fingerprint density at radius 3 is 2.73 bits per heavy atom. The summed E-state index contributed by atoms with van der Waals surface area (Å²) in [5.41, 5.74) is 1.12. The molecular weight excluding hydrogens is 280 g/mol.